The molecule has 1 aliphatic carbocycles. The zero-order chi connectivity index (χ0) is 13.0. The maximum absolute atomic E-state index is 6.03. The van der Waals surface area contributed by atoms with Gasteiger partial charge in [-0.15, -0.1) is 0 Å². The van der Waals surface area contributed by atoms with Crippen LogP contribution in [0.15, 0.2) is 18.2 Å². The van der Waals surface area contributed by atoms with Gasteiger partial charge in [0.05, 0.1) is 7.11 Å². The predicted molar refractivity (Wildman–Crippen MR) is 76.3 cm³/mol. The number of rotatable bonds is 6. The number of hydrogen-bond acceptors (Lipinski definition) is 2. The Morgan fingerprint density at radius 2 is 2.17 bits per heavy atom. The third kappa shape index (κ3) is 2.99. The first-order chi connectivity index (χ1) is 8.69. The normalized spacial score (nSPS) is 17.3. The molecule has 1 saturated carbocycles. The highest BCUT2D eigenvalue weighted by Gasteiger charge is 2.34. The van der Waals surface area contributed by atoms with Crippen molar-refractivity contribution in [1.82, 2.24) is 5.32 Å². The van der Waals surface area contributed by atoms with Crippen molar-refractivity contribution in [3.8, 4) is 5.75 Å². The highest BCUT2D eigenvalue weighted by molar-refractivity contribution is 6.30. The van der Waals surface area contributed by atoms with Gasteiger partial charge in [-0.05, 0) is 42.9 Å². The van der Waals surface area contributed by atoms with Gasteiger partial charge in [0, 0.05) is 23.7 Å². The molecule has 0 saturated heterocycles. The molecule has 0 radical (unpaired) electrons. The van der Waals surface area contributed by atoms with Crippen LogP contribution in [0.5, 0.6) is 5.75 Å². The maximum Gasteiger partial charge on any atom is 0.123 e. The zero-order valence-corrected chi connectivity index (χ0v) is 12.0. The molecule has 1 fully saturated rings. The number of hydrogen-bond donors (Lipinski definition) is 1. The highest BCUT2D eigenvalue weighted by Crippen LogP contribution is 2.43. The van der Waals surface area contributed by atoms with Gasteiger partial charge in [0.1, 0.15) is 5.75 Å². The maximum atomic E-state index is 6.03. The van der Waals surface area contributed by atoms with Crippen molar-refractivity contribution in [2.75, 3.05) is 13.7 Å². The minimum atomic E-state index is 0.547. The van der Waals surface area contributed by atoms with Crippen LogP contribution < -0.4 is 10.1 Å². The van der Waals surface area contributed by atoms with E-state index in [-0.39, 0.29) is 0 Å². The zero-order valence-electron chi connectivity index (χ0n) is 11.3. The Balaban J connectivity index is 1.91. The van der Waals surface area contributed by atoms with Crippen LogP contribution >= 0.6 is 11.6 Å². The fraction of sp³-hybridized carbons (Fsp3) is 0.600. The van der Waals surface area contributed by atoms with Crippen molar-refractivity contribution in [3.05, 3.63) is 28.8 Å². The van der Waals surface area contributed by atoms with Crippen LogP contribution in [-0.2, 0) is 6.54 Å². The minimum Gasteiger partial charge on any atom is -0.496 e. The molecule has 0 bridgehead atoms. The van der Waals surface area contributed by atoms with E-state index in [2.05, 4.69) is 12.2 Å². The lowest BCUT2D eigenvalue weighted by Gasteiger charge is -2.41. The van der Waals surface area contributed by atoms with E-state index < -0.39 is 0 Å². The van der Waals surface area contributed by atoms with Crippen LogP contribution in [0.1, 0.15) is 38.2 Å². The fourth-order valence-corrected chi connectivity index (χ4v) is 2.87. The van der Waals surface area contributed by atoms with Gasteiger partial charge in [-0.25, -0.2) is 0 Å². The van der Waals surface area contributed by atoms with Crippen molar-refractivity contribution in [2.45, 2.75) is 39.2 Å². The molecular formula is C15H22ClNO. The average molecular weight is 268 g/mol. The molecule has 0 heterocycles. The van der Waals surface area contributed by atoms with Crippen LogP contribution in [0.2, 0.25) is 5.02 Å². The molecule has 0 atom stereocenters. The molecule has 0 spiro atoms. The van der Waals surface area contributed by atoms with E-state index >= 15 is 0 Å². The Morgan fingerprint density at radius 1 is 1.39 bits per heavy atom. The summed E-state index contributed by atoms with van der Waals surface area (Å²) in [7, 11) is 1.70. The fourth-order valence-electron chi connectivity index (χ4n) is 2.68. The van der Waals surface area contributed by atoms with Gasteiger partial charge >= 0.3 is 0 Å². The smallest absolute Gasteiger partial charge is 0.123 e. The molecule has 0 amide bonds. The summed E-state index contributed by atoms with van der Waals surface area (Å²) in [5, 5.41) is 4.32. The van der Waals surface area contributed by atoms with E-state index in [0.717, 1.165) is 29.4 Å². The molecule has 1 N–H and O–H groups in total. The molecular weight excluding hydrogens is 246 g/mol. The van der Waals surface area contributed by atoms with Crippen LogP contribution in [0.4, 0.5) is 0 Å². The topological polar surface area (TPSA) is 21.3 Å². The van der Waals surface area contributed by atoms with Gasteiger partial charge in [-0.3, -0.25) is 0 Å². The Morgan fingerprint density at radius 3 is 2.72 bits per heavy atom. The molecule has 0 aliphatic heterocycles. The monoisotopic (exact) mass is 267 g/mol. The second-order valence-electron chi connectivity index (χ2n) is 5.27. The van der Waals surface area contributed by atoms with Crippen LogP contribution in [0, 0.1) is 5.41 Å². The summed E-state index contributed by atoms with van der Waals surface area (Å²) in [6.45, 7) is 4.21. The lowest BCUT2D eigenvalue weighted by Crippen LogP contribution is -2.39. The first-order valence-electron chi connectivity index (χ1n) is 6.72. The van der Waals surface area contributed by atoms with Gasteiger partial charge in [-0.2, -0.15) is 0 Å². The molecule has 100 valence electrons. The molecule has 2 rings (SSSR count). The lowest BCUT2D eigenvalue weighted by molar-refractivity contribution is 0.123. The van der Waals surface area contributed by atoms with Gasteiger partial charge in [0.25, 0.3) is 0 Å². The second kappa shape index (κ2) is 5.94. The van der Waals surface area contributed by atoms with Crippen molar-refractivity contribution in [1.29, 1.82) is 0 Å². The summed E-state index contributed by atoms with van der Waals surface area (Å²) in [6, 6.07) is 5.77. The summed E-state index contributed by atoms with van der Waals surface area (Å²) < 4.78 is 5.35. The molecule has 0 unspecified atom stereocenters. The van der Waals surface area contributed by atoms with Gasteiger partial charge in [0.15, 0.2) is 0 Å². The van der Waals surface area contributed by atoms with Crippen LogP contribution in [0.25, 0.3) is 0 Å². The standard InChI is InChI=1S/C15H22ClNO/c1-3-15(7-4-8-15)11-17-10-12-9-13(16)5-6-14(12)18-2/h5-6,9,17H,3-4,7-8,10-11H2,1-2H3. The Bertz CT molecular complexity index is 396. The molecule has 0 aromatic heterocycles. The molecule has 18 heavy (non-hydrogen) atoms. The van der Waals surface area contributed by atoms with Crippen LogP contribution in [0.3, 0.4) is 0 Å². The summed E-state index contributed by atoms with van der Waals surface area (Å²) >= 11 is 6.03. The van der Waals surface area contributed by atoms with E-state index in [1.54, 1.807) is 7.11 Å². The average Bonchev–Trinajstić information content (AvgIpc) is 2.33. The highest BCUT2D eigenvalue weighted by atomic mass is 35.5. The van der Waals surface area contributed by atoms with Crippen molar-refractivity contribution >= 4 is 11.6 Å². The number of benzene rings is 1. The lowest BCUT2D eigenvalue weighted by atomic mass is 9.67. The molecule has 3 heteroatoms. The summed E-state index contributed by atoms with van der Waals surface area (Å²) in [6.07, 6.45) is 5.38. The number of methoxy groups -OCH3 is 1. The first-order valence-corrected chi connectivity index (χ1v) is 7.10. The SMILES string of the molecule is CCC1(CNCc2cc(Cl)ccc2OC)CCC1. The molecule has 1 aromatic carbocycles. The Labute approximate surface area is 115 Å². The minimum absolute atomic E-state index is 0.547. The molecule has 1 aromatic rings. The van der Waals surface area contributed by atoms with E-state index in [1.807, 2.05) is 18.2 Å². The van der Waals surface area contributed by atoms with Gasteiger partial charge < -0.3 is 10.1 Å². The van der Waals surface area contributed by atoms with E-state index in [4.69, 9.17) is 16.3 Å². The summed E-state index contributed by atoms with van der Waals surface area (Å²) in [5.41, 5.74) is 1.68. The quantitative estimate of drug-likeness (QED) is 0.841. The number of ether oxygens (including phenoxy) is 1. The number of halogens is 1. The van der Waals surface area contributed by atoms with Crippen LogP contribution in [-0.4, -0.2) is 13.7 Å². The van der Waals surface area contributed by atoms with Crippen molar-refractivity contribution in [2.24, 2.45) is 5.41 Å². The van der Waals surface area contributed by atoms with Crippen molar-refractivity contribution in [3.63, 3.8) is 0 Å². The summed E-state index contributed by atoms with van der Waals surface area (Å²) in [4.78, 5) is 0. The summed E-state index contributed by atoms with van der Waals surface area (Å²) in [5.74, 6) is 0.908. The molecule has 1 aliphatic rings. The number of nitrogens with one attached hydrogen (secondary N) is 1. The van der Waals surface area contributed by atoms with E-state index in [9.17, 15) is 0 Å². The van der Waals surface area contributed by atoms with Gasteiger partial charge in [0.2, 0.25) is 0 Å². The third-order valence-corrected chi connectivity index (χ3v) is 4.46. The predicted octanol–water partition coefficient (Wildman–Crippen LogP) is 4.02. The Kier molecular flexibility index (Phi) is 4.52. The largest absolute Gasteiger partial charge is 0.496 e. The Hall–Kier alpha value is -0.730. The van der Waals surface area contributed by atoms with Crippen molar-refractivity contribution < 1.29 is 4.74 Å². The van der Waals surface area contributed by atoms with Gasteiger partial charge in [-0.1, -0.05) is 24.9 Å². The molecule has 2 nitrogen and oxygen atoms in total. The third-order valence-electron chi connectivity index (χ3n) is 4.22. The second-order valence-corrected chi connectivity index (χ2v) is 5.70. The van der Waals surface area contributed by atoms with E-state index in [1.165, 1.54) is 25.7 Å². The first kappa shape index (κ1) is 13.7. The van der Waals surface area contributed by atoms with E-state index in [0.29, 0.717) is 5.41 Å².